The second-order valence-corrected chi connectivity index (χ2v) is 5.53. The van der Waals surface area contributed by atoms with E-state index in [1.54, 1.807) is 12.0 Å². The van der Waals surface area contributed by atoms with Crippen LogP contribution in [0.3, 0.4) is 0 Å². The molecule has 0 N–H and O–H groups in total. The van der Waals surface area contributed by atoms with Crippen molar-refractivity contribution in [3.8, 4) is 17.2 Å². The molecule has 0 aromatic heterocycles. The molecule has 0 radical (unpaired) electrons. The number of para-hydroxylation sites is 2. The van der Waals surface area contributed by atoms with Crippen LogP contribution in [-0.4, -0.2) is 31.1 Å². The van der Waals surface area contributed by atoms with Crippen LogP contribution in [0.5, 0.6) is 17.2 Å². The minimum absolute atomic E-state index is 0.00619. The van der Waals surface area contributed by atoms with E-state index >= 15 is 0 Å². The van der Waals surface area contributed by atoms with Gasteiger partial charge in [-0.1, -0.05) is 30.3 Å². The summed E-state index contributed by atoms with van der Waals surface area (Å²) in [6.07, 6.45) is 0. The zero-order chi connectivity index (χ0) is 16.9. The fourth-order valence-corrected chi connectivity index (χ4v) is 2.82. The molecule has 0 atom stereocenters. The average molecular weight is 327 g/mol. The van der Waals surface area contributed by atoms with Gasteiger partial charge in [-0.25, -0.2) is 0 Å². The lowest BCUT2D eigenvalue weighted by molar-refractivity contribution is -0.133. The van der Waals surface area contributed by atoms with Gasteiger partial charge in [0.2, 0.25) is 0 Å². The summed E-state index contributed by atoms with van der Waals surface area (Å²) in [7, 11) is 1.63. The lowest BCUT2D eigenvalue weighted by Crippen LogP contribution is -2.32. The van der Waals surface area contributed by atoms with Gasteiger partial charge in [0.1, 0.15) is 5.75 Å². The van der Waals surface area contributed by atoms with E-state index in [0.717, 1.165) is 16.9 Å². The number of hydrogen-bond donors (Lipinski definition) is 0. The van der Waals surface area contributed by atoms with Gasteiger partial charge in [0, 0.05) is 24.2 Å². The predicted molar refractivity (Wildman–Crippen MR) is 90.4 cm³/mol. The number of nitrogens with zero attached hydrogens (tertiary/aromatic N) is 1. The second kappa shape index (κ2) is 7.25. The van der Waals surface area contributed by atoms with Gasteiger partial charge in [-0.15, -0.1) is 0 Å². The molecule has 0 saturated carbocycles. The minimum atomic E-state index is -0.0560. The second-order valence-electron chi connectivity index (χ2n) is 5.53. The highest BCUT2D eigenvalue weighted by atomic mass is 16.5. The molecule has 5 nitrogen and oxygen atoms in total. The monoisotopic (exact) mass is 327 g/mol. The molecule has 1 aliphatic rings. The fraction of sp³-hybridized carbons (Fsp3) is 0.316. The van der Waals surface area contributed by atoms with E-state index in [1.165, 1.54) is 0 Å². The first-order valence-corrected chi connectivity index (χ1v) is 8.00. The molecule has 2 aromatic rings. The summed E-state index contributed by atoms with van der Waals surface area (Å²) in [6.45, 7) is 3.44. The molecule has 3 rings (SSSR count). The summed E-state index contributed by atoms with van der Waals surface area (Å²) in [4.78, 5) is 14.3. The molecule has 0 spiro atoms. The van der Waals surface area contributed by atoms with Crippen molar-refractivity contribution in [3.63, 3.8) is 0 Å². The van der Waals surface area contributed by atoms with Crippen molar-refractivity contribution in [3.05, 3.63) is 53.6 Å². The molecule has 1 aliphatic heterocycles. The molecular formula is C19H21NO4. The lowest BCUT2D eigenvalue weighted by Gasteiger charge is -2.21. The van der Waals surface area contributed by atoms with Crippen molar-refractivity contribution in [1.29, 1.82) is 0 Å². The SMILES string of the molecule is CCOc1cccc2c1OCC(=O)N(Cc1ccccc1OC)C2. The minimum Gasteiger partial charge on any atom is -0.496 e. The molecular weight excluding hydrogens is 306 g/mol. The van der Waals surface area contributed by atoms with Crippen molar-refractivity contribution in [2.75, 3.05) is 20.3 Å². The molecule has 126 valence electrons. The third-order valence-electron chi connectivity index (χ3n) is 3.97. The summed E-state index contributed by atoms with van der Waals surface area (Å²) in [5.41, 5.74) is 1.92. The molecule has 2 aromatic carbocycles. The first-order chi connectivity index (χ1) is 11.7. The normalized spacial score (nSPS) is 13.8. The van der Waals surface area contributed by atoms with E-state index in [-0.39, 0.29) is 12.5 Å². The zero-order valence-corrected chi connectivity index (χ0v) is 14.0. The summed E-state index contributed by atoms with van der Waals surface area (Å²) < 4.78 is 16.7. The quantitative estimate of drug-likeness (QED) is 0.847. The number of methoxy groups -OCH3 is 1. The van der Waals surface area contributed by atoms with Crippen LogP contribution in [0.25, 0.3) is 0 Å². The van der Waals surface area contributed by atoms with E-state index < -0.39 is 0 Å². The van der Waals surface area contributed by atoms with Crippen molar-refractivity contribution in [2.24, 2.45) is 0 Å². The third-order valence-corrected chi connectivity index (χ3v) is 3.97. The van der Waals surface area contributed by atoms with Gasteiger partial charge in [0.25, 0.3) is 5.91 Å². The number of amides is 1. The Bertz CT molecular complexity index is 729. The highest BCUT2D eigenvalue weighted by Crippen LogP contribution is 2.34. The topological polar surface area (TPSA) is 48.0 Å². The summed E-state index contributed by atoms with van der Waals surface area (Å²) >= 11 is 0. The molecule has 5 heteroatoms. The lowest BCUT2D eigenvalue weighted by atomic mass is 10.1. The van der Waals surface area contributed by atoms with Crippen molar-refractivity contribution < 1.29 is 19.0 Å². The Labute approximate surface area is 141 Å². The number of carbonyl (C=O) groups excluding carboxylic acids is 1. The summed E-state index contributed by atoms with van der Waals surface area (Å²) in [5, 5.41) is 0. The van der Waals surface area contributed by atoms with E-state index in [9.17, 15) is 4.79 Å². The Morgan fingerprint density at radius 1 is 1.12 bits per heavy atom. The Morgan fingerprint density at radius 3 is 2.71 bits per heavy atom. The molecule has 24 heavy (non-hydrogen) atoms. The third kappa shape index (κ3) is 3.30. The van der Waals surface area contributed by atoms with Crippen LogP contribution in [-0.2, 0) is 17.9 Å². The molecule has 0 fully saturated rings. The Balaban J connectivity index is 1.87. The van der Waals surface area contributed by atoms with Gasteiger partial charge < -0.3 is 19.1 Å². The van der Waals surface area contributed by atoms with Crippen molar-refractivity contribution in [2.45, 2.75) is 20.0 Å². The first kappa shape index (κ1) is 16.2. The van der Waals surface area contributed by atoms with Crippen LogP contribution < -0.4 is 14.2 Å². The van der Waals surface area contributed by atoms with E-state index in [4.69, 9.17) is 14.2 Å². The highest BCUT2D eigenvalue weighted by molar-refractivity contribution is 5.79. The summed E-state index contributed by atoms with van der Waals surface area (Å²) in [5.74, 6) is 2.07. The number of fused-ring (bicyclic) bond motifs is 1. The van der Waals surface area contributed by atoms with Gasteiger partial charge in [0.05, 0.1) is 13.7 Å². The van der Waals surface area contributed by atoms with Crippen molar-refractivity contribution >= 4 is 5.91 Å². The van der Waals surface area contributed by atoms with E-state index in [1.807, 2.05) is 49.4 Å². The van der Waals surface area contributed by atoms with Crippen molar-refractivity contribution in [1.82, 2.24) is 4.90 Å². The molecule has 0 saturated heterocycles. The predicted octanol–water partition coefficient (Wildman–Crippen LogP) is 3.02. The van der Waals surface area contributed by atoms with E-state index in [0.29, 0.717) is 31.2 Å². The van der Waals surface area contributed by atoms with Gasteiger partial charge in [-0.3, -0.25) is 4.79 Å². The molecule has 0 aliphatic carbocycles. The first-order valence-electron chi connectivity index (χ1n) is 8.00. The van der Waals surface area contributed by atoms with Crippen LogP contribution in [0.1, 0.15) is 18.1 Å². The molecule has 0 unspecified atom stereocenters. The Hall–Kier alpha value is -2.69. The number of ether oxygens (including phenoxy) is 3. The fourth-order valence-electron chi connectivity index (χ4n) is 2.82. The molecule has 1 amide bonds. The van der Waals surface area contributed by atoms with Crippen LogP contribution in [0.2, 0.25) is 0 Å². The van der Waals surface area contributed by atoms with E-state index in [2.05, 4.69) is 0 Å². The van der Waals surface area contributed by atoms with Crippen LogP contribution in [0, 0.1) is 0 Å². The number of hydrogen-bond acceptors (Lipinski definition) is 4. The maximum Gasteiger partial charge on any atom is 0.261 e. The van der Waals surface area contributed by atoms with Crippen LogP contribution in [0.15, 0.2) is 42.5 Å². The Kier molecular flexibility index (Phi) is 4.89. The van der Waals surface area contributed by atoms with Gasteiger partial charge >= 0.3 is 0 Å². The van der Waals surface area contributed by atoms with Gasteiger partial charge in [-0.2, -0.15) is 0 Å². The van der Waals surface area contributed by atoms with Crippen LogP contribution >= 0.6 is 0 Å². The highest BCUT2D eigenvalue weighted by Gasteiger charge is 2.24. The number of carbonyl (C=O) groups is 1. The van der Waals surface area contributed by atoms with Crippen LogP contribution in [0.4, 0.5) is 0 Å². The smallest absolute Gasteiger partial charge is 0.261 e. The number of benzene rings is 2. The standard InChI is InChI=1S/C19H21NO4/c1-3-23-17-10-6-8-15-12-20(18(21)13-24-19(15)17)11-14-7-4-5-9-16(14)22-2/h4-10H,3,11-13H2,1-2H3. The van der Waals surface area contributed by atoms with Gasteiger partial charge in [0.15, 0.2) is 18.1 Å². The largest absolute Gasteiger partial charge is 0.496 e. The Morgan fingerprint density at radius 2 is 1.92 bits per heavy atom. The summed E-state index contributed by atoms with van der Waals surface area (Å²) in [6, 6.07) is 13.5. The average Bonchev–Trinajstić information content (AvgIpc) is 2.76. The van der Waals surface area contributed by atoms with Gasteiger partial charge in [-0.05, 0) is 19.1 Å². The number of rotatable bonds is 5. The maximum atomic E-state index is 12.5. The zero-order valence-electron chi connectivity index (χ0n) is 14.0. The molecule has 0 bridgehead atoms. The molecule has 1 heterocycles. The maximum absolute atomic E-state index is 12.5.